The van der Waals surface area contributed by atoms with Crippen LogP contribution in [0.1, 0.15) is 44.7 Å². The molecule has 0 radical (unpaired) electrons. The molecule has 2 heteroatoms. The van der Waals surface area contributed by atoms with Crippen molar-refractivity contribution in [1.29, 1.82) is 0 Å². The van der Waals surface area contributed by atoms with Crippen LogP contribution in [-0.4, -0.2) is 12.8 Å². The second-order valence-electron chi connectivity index (χ2n) is 4.59. The van der Waals surface area contributed by atoms with Crippen LogP contribution < -0.4 is 5.32 Å². The Bertz CT molecular complexity index is 356. The van der Waals surface area contributed by atoms with Crippen molar-refractivity contribution in [2.75, 3.05) is 12.8 Å². The second-order valence-corrected chi connectivity index (χ2v) is 5.47. The third-order valence-corrected chi connectivity index (χ3v) is 3.90. The third kappa shape index (κ3) is 4.87. The van der Waals surface area contributed by atoms with Crippen molar-refractivity contribution in [1.82, 2.24) is 5.32 Å². The predicted molar refractivity (Wildman–Crippen MR) is 83.3 cm³/mol. The van der Waals surface area contributed by atoms with Crippen LogP contribution in [0.25, 0.3) is 0 Å². The molecule has 0 aliphatic carbocycles. The summed E-state index contributed by atoms with van der Waals surface area (Å²) in [5.74, 6) is 0. The summed E-state index contributed by atoms with van der Waals surface area (Å²) in [6.45, 7) is 9.58. The summed E-state index contributed by atoms with van der Waals surface area (Å²) in [7, 11) is 0. The van der Waals surface area contributed by atoms with Crippen LogP contribution in [-0.2, 0) is 0 Å². The summed E-state index contributed by atoms with van der Waals surface area (Å²) < 4.78 is 0. The standard InChI is InChI=1S/C16H25NS/c1-5-11-17-16(12-13(3)6-2)14-7-9-15(18-4)10-8-14/h7-10,16-17H,3,5-6,11-12H2,1-2,4H3. The Labute approximate surface area is 116 Å². The van der Waals surface area contributed by atoms with Gasteiger partial charge in [0.25, 0.3) is 0 Å². The summed E-state index contributed by atoms with van der Waals surface area (Å²) in [6, 6.07) is 9.29. The van der Waals surface area contributed by atoms with E-state index in [1.807, 2.05) is 0 Å². The van der Waals surface area contributed by atoms with E-state index in [9.17, 15) is 0 Å². The summed E-state index contributed by atoms with van der Waals surface area (Å²) >= 11 is 1.79. The first kappa shape index (κ1) is 15.3. The molecule has 0 amide bonds. The summed E-state index contributed by atoms with van der Waals surface area (Å²) in [5, 5.41) is 3.62. The van der Waals surface area contributed by atoms with Gasteiger partial charge in [0.15, 0.2) is 0 Å². The van der Waals surface area contributed by atoms with Crippen LogP contribution in [0.4, 0.5) is 0 Å². The molecule has 18 heavy (non-hydrogen) atoms. The molecule has 0 spiro atoms. The molecule has 1 nitrogen and oxygen atoms in total. The Hall–Kier alpha value is -0.730. The molecule has 0 aliphatic rings. The number of hydrogen-bond acceptors (Lipinski definition) is 2. The van der Waals surface area contributed by atoms with E-state index in [1.54, 1.807) is 11.8 Å². The highest BCUT2D eigenvalue weighted by Crippen LogP contribution is 2.24. The smallest absolute Gasteiger partial charge is 0.0357 e. The lowest BCUT2D eigenvalue weighted by Crippen LogP contribution is -2.22. The molecule has 0 heterocycles. The van der Waals surface area contributed by atoms with E-state index >= 15 is 0 Å². The van der Waals surface area contributed by atoms with Crippen LogP contribution >= 0.6 is 11.8 Å². The predicted octanol–water partition coefficient (Wildman–Crippen LogP) is 4.81. The second kappa shape index (κ2) is 8.39. The van der Waals surface area contributed by atoms with Gasteiger partial charge >= 0.3 is 0 Å². The van der Waals surface area contributed by atoms with E-state index in [-0.39, 0.29) is 0 Å². The van der Waals surface area contributed by atoms with E-state index in [0.717, 1.165) is 25.8 Å². The fourth-order valence-corrected chi connectivity index (χ4v) is 2.30. The van der Waals surface area contributed by atoms with E-state index in [2.05, 4.69) is 56.3 Å². The molecule has 0 saturated carbocycles. The maximum atomic E-state index is 4.14. The Morgan fingerprint density at radius 2 is 1.94 bits per heavy atom. The Morgan fingerprint density at radius 3 is 2.44 bits per heavy atom. The molecule has 1 atom stereocenters. The fraction of sp³-hybridized carbons (Fsp3) is 0.500. The molecule has 1 aromatic rings. The molecular weight excluding hydrogens is 238 g/mol. The van der Waals surface area contributed by atoms with Crippen LogP contribution in [0.15, 0.2) is 41.3 Å². The van der Waals surface area contributed by atoms with Gasteiger partial charge in [-0.2, -0.15) is 0 Å². The van der Waals surface area contributed by atoms with Gasteiger partial charge in [0.1, 0.15) is 0 Å². The quantitative estimate of drug-likeness (QED) is 0.534. The molecule has 0 fully saturated rings. The monoisotopic (exact) mass is 263 g/mol. The first-order chi connectivity index (χ1) is 8.71. The van der Waals surface area contributed by atoms with Gasteiger partial charge in [-0.05, 0) is 49.8 Å². The number of nitrogens with one attached hydrogen (secondary N) is 1. The molecule has 1 rings (SSSR count). The Morgan fingerprint density at radius 1 is 1.28 bits per heavy atom. The molecule has 100 valence electrons. The highest BCUT2D eigenvalue weighted by molar-refractivity contribution is 7.98. The van der Waals surface area contributed by atoms with Crippen molar-refractivity contribution in [3.8, 4) is 0 Å². The van der Waals surface area contributed by atoms with E-state index < -0.39 is 0 Å². The van der Waals surface area contributed by atoms with Gasteiger partial charge in [0.05, 0.1) is 0 Å². The Kier molecular flexibility index (Phi) is 7.14. The zero-order chi connectivity index (χ0) is 13.4. The molecule has 0 aliphatic heterocycles. The number of hydrogen-bond donors (Lipinski definition) is 1. The minimum atomic E-state index is 0.410. The Balaban J connectivity index is 2.75. The number of thioether (sulfide) groups is 1. The topological polar surface area (TPSA) is 12.0 Å². The van der Waals surface area contributed by atoms with Gasteiger partial charge in [0, 0.05) is 10.9 Å². The van der Waals surface area contributed by atoms with Crippen molar-refractivity contribution in [3.05, 3.63) is 42.0 Å². The van der Waals surface area contributed by atoms with Crippen LogP contribution in [0.3, 0.4) is 0 Å². The van der Waals surface area contributed by atoms with Crippen molar-refractivity contribution < 1.29 is 0 Å². The van der Waals surface area contributed by atoms with Gasteiger partial charge < -0.3 is 5.32 Å². The zero-order valence-corrected chi connectivity index (χ0v) is 12.6. The lowest BCUT2D eigenvalue weighted by molar-refractivity contribution is 0.523. The highest BCUT2D eigenvalue weighted by Gasteiger charge is 2.11. The third-order valence-electron chi connectivity index (χ3n) is 3.15. The highest BCUT2D eigenvalue weighted by atomic mass is 32.2. The fourth-order valence-electron chi connectivity index (χ4n) is 1.90. The van der Waals surface area contributed by atoms with Gasteiger partial charge in [-0.1, -0.05) is 38.1 Å². The van der Waals surface area contributed by atoms with Crippen molar-refractivity contribution in [3.63, 3.8) is 0 Å². The number of benzene rings is 1. The normalized spacial score (nSPS) is 12.4. The van der Waals surface area contributed by atoms with Crippen molar-refractivity contribution >= 4 is 11.8 Å². The zero-order valence-electron chi connectivity index (χ0n) is 11.8. The lowest BCUT2D eigenvalue weighted by Gasteiger charge is -2.20. The lowest BCUT2D eigenvalue weighted by atomic mass is 9.98. The van der Waals surface area contributed by atoms with Crippen LogP contribution in [0.2, 0.25) is 0 Å². The summed E-state index contributed by atoms with van der Waals surface area (Å²) in [4.78, 5) is 1.32. The van der Waals surface area contributed by atoms with Crippen LogP contribution in [0, 0.1) is 0 Å². The maximum absolute atomic E-state index is 4.14. The number of rotatable bonds is 8. The largest absolute Gasteiger partial charge is 0.310 e. The van der Waals surface area contributed by atoms with Gasteiger partial charge in [-0.25, -0.2) is 0 Å². The molecule has 0 aromatic heterocycles. The SMILES string of the molecule is C=C(CC)CC(NCCC)c1ccc(SC)cc1. The molecule has 1 unspecified atom stereocenters. The first-order valence-corrected chi connectivity index (χ1v) is 7.97. The van der Waals surface area contributed by atoms with Gasteiger partial charge in [0.2, 0.25) is 0 Å². The van der Waals surface area contributed by atoms with E-state index in [0.29, 0.717) is 6.04 Å². The molecular formula is C16H25NS. The first-order valence-electron chi connectivity index (χ1n) is 6.75. The average molecular weight is 263 g/mol. The summed E-state index contributed by atoms with van der Waals surface area (Å²) in [5.41, 5.74) is 2.69. The van der Waals surface area contributed by atoms with Gasteiger partial charge in [-0.3, -0.25) is 0 Å². The molecule has 1 N–H and O–H groups in total. The van der Waals surface area contributed by atoms with Crippen molar-refractivity contribution in [2.24, 2.45) is 0 Å². The van der Waals surface area contributed by atoms with E-state index in [4.69, 9.17) is 0 Å². The molecule has 0 saturated heterocycles. The molecule has 0 bridgehead atoms. The van der Waals surface area contributed by atoms with Gasteiger partial charge in [-0.15, -0.1) is 11.8 Å². The van der Waals surface area contributed by atoms with Crippen molar-refractivity contribution in [2.45, 2.75) is 44.0 Å². The maximum Gasteiger partial charge on any atom is 0.0357 e. The average Bonchev–Trinajstić information content (AvgIpc) is 2.43. The minimum absolute atomic E-state index is 0.410. The molecule has 1 aromatic carbocycles. The van der Waals surface area contributed by atoms with E-state index in [1.165, 1.54) is 16.0 Å². The summed E-state index contributed by atoms with van der Waals surface area (Å²) in [6.07, 6.45) is 5.38. The van der Waals surface area contributed by atoms with Crippen LogP contribution in [0.5, 0.6) is 0 Å². The minimum Gasteiger partial charge on any atom is -0.310 e.